The zero-order valence-corrected chi connectivity index (χ0v) is 13.7. The lowest BCUT2D eigenvalue weighted by Crippen LogP contribution is -2.13. The molecule has 1 heterocycles. The number of hydrogen-bond donors (Lipinski definition) is 1. The standard InChI is InChI=1S/C18H16N2O2S/c1-3-16(21)22-11(2)17-12(10-19)8-9-15-18(17)20-13-6-4-5-7-14(13)23-15/h4-9,11,20H,3H2,1-2H3. The summed E-state index contributed by atoms with van der Waals surface area (Å²) in [7, 11) is 0. The van der Waals surface area contributed by atoms with Crippen LogP contribution < -0.4 is 5.32 Å². The number of nitrogens with zero attached hydrogens (tertiary/aromatic N) is 1. The Kier molecular flexibility index (Phi) is 4.26. The first-order valence-corrected chi connectivity index (χ1v) is 8.26. The maximum Gasteiger partial charge on any atom is 0.306 e. The van der Waals surface area contributed by atoms with Crippen LogP contribution in [-0.4, -0.2) is 5.97 Å². The Morgan fingerprint density at radius 3 is 2.83 bits per heavy atom. The third-order valence-electron chi connectivity index (χ3n) is 3.70. The topological polar surface area (TPSA) is 62.1 Å². The van der Waals surface area contributed by atoms with Crippen LogP contribution in [0.1, 0.15) is 37.5 Å². The highest BCUT2D eigenvalue weighted by molar-refractivity contribution is 7.99. The number of carbonyl (C=O) groups is 1. The molecule has 1 aliphatic heterocycles. The average Bonchev–Trinajstić information content (AvgIpc) is 2.58. The predicted octanol–water partition coefficient (Wildman–Crippen LogP) is 4.78. The van der Waals surface area contributed by atoms with E-state index in [1.54, 1.807) is 31.7 Å². The van der Waals surface area contributed by atoms with Crippen LogP contribution in [0.25, 0.3) is 0 Å². The van der Waals surface area contributed by atoms with Crippen molar-refractivity contribution < 1.29 is 9.53 Å². The largest absolute Gasteiger partial charge is 0.458 e. The van der Waals surface area contributed by atoms with Crippen LogP contribution in [0, 0.1) is 11.3 Å². The first-order chi connectivity index (χ1) is 11.1. The first-order valence-electron chi connectivity index (χ1n) is 7.44. The van der Waals surface area contributed by atoms with E-state index in [9.17, 15) is 10.1 Å². The second-order valence-corrected chi connectivity index (χ2v) is 6.30. The van der Waals surface area contributed by atoms with Crippen molar-refractivity contribution in [3.8, 4) is 6.07 Å². The van der Waals surface area contributed by atoms with Crippen molar-refractivity contribution in [3.63, 3.8) is 0 Å². The molecule has 0 aromatic heterocycles. The van der Waals surface area contributed by atoms with E-state index in [4.69, 9.17) is 4.74 Å². The fourth-order valence-corrected chi connectivity index (χ4v) is 3.60. The van der Waals surface area contributed by atoms with Crippen molar-refractivity contribution in [1.29, 1.82) is 5.26 Å². The maximum atomic E-state index is 11.6. The number of fused-ring (bicyclic) bond motifs is 2. The molecule has 0 radical (unpaired) electrons. The molecule has 116 valence electrons. The van der Waals surface area contributed by atoms with Gasteiger partial charge in [-0.05, 0) is 31.2 Å². The second-order valence-electron chi connectivity index (χ2n) is 5.22. The summed E-state index contributed by atoms with van der Waals surface area (Å²) in [5, 5.41) is 12.8. The fourth-order valence-electron chi connectivity index (χ4n) is 2.58. The minimum Gasteiger partial charge on any atom is -0.458 e. The molecule has 1 unspecified atom stereocenters. The lowest BCUT2D eigenvalue weighted by molar-refractivity contribution is -0.148. The molecule has 2 aromatic rings. The highest BCUT2D eigenvalue weighted by atomic mass is 32.2. The zero-order chi connectivity index (χ0) is 16.4. The number of anilines is 2. The van der Waals surface area contributed by atoms with E-state index >= 15 is 0 Å². The molecule has 1 atom stereocenters. The van der Waals surface area contributed by atoms with Crippen molar-refractivity contribution in [2.45, 2.75) is 36.2 Å². The summed E-state index contributed by atoms with van der Waals surface area (Å²) >= 11 is 1.65. The lowest BCUT2D eigenvalue weighted by atomic mass is 10.0. The number of nitrogens with one attached hydrogen (secondary N) is 1. The molecule has 0 fully saturated rings. The van der Waals surface area contributed by atoms with Crippen LogP contribution in [0.15, 0.2) is 46.2 Å². The number of benzene rings is 2. The molecule has 1 aliphatic rings. The van der Waals surface area contributed by atoms with E-state index in [2.05, 4.69) is 11.4 Å². The Morgan fingerprint density at radius 2 is 2.09 bits per heavy atom. The molecule has 0 saturated heterocycles. The van der Waals surface area contributed by atoms with Gasteiger partial charge in [-0.15, -0.1) is 0 Å². The number of esters is 1. The SMILES string of the molecule is CCC(=O)OC(C)c1c(C#N)ccc2c1Nc1ccccc1S2. The Labute approximate surface area is 139 Å². The minimum absolute atomic E-state index is 0.275. The predicted molar refractivity (Wildman–Crippen MR) is 89.8 cm³/mol. The maximum absolute atomic E-state index is 11.6. The molecule has 1 N–H and O–H groups in total. The van der Waals surface area contributed by atoms with Crippen molar-refractivity contribution >= 4 is 29.1 Å². The van der Waals surface area contributed by atoms with Gasteiger partial charge in [0.05, 0.1) is 23.0 Å². The van der Waals surface area contributed by atoms with E-state index in [0.29, 0.717) is 12.0 Å². The van der Waals surface area contributed by atoms with Crippen LogP contribution in [0.2, 0.25) is 0 Å². The van der Waals surface area contributed by atoms with E-state index < -0.39 is 6.10 Å². The number of ether oxygens (including phenoxy) is 1. The van der Waals surface area contributed by atoms with Gasteiger partial charge in [0.2, 0.25) is 0 Å². The number of rotatable bonds is 3. The summed E-state index contributed by atoms with van der Waals surface area (Å²) < 4.78 is 5.44. The van der Waals surface area contributed by atoms with E-state index in [1.165, 1.54) is 0 Å². The Hall–Kier alpha value is -2.45. The zero-order valence-electron chi connectivity index (χ0n) is 12.9. The van der Waals surface area contributed by atoms with Crippen LogP contribution >= 0.6 is 11.8 Å². The van der Waals surface area contributed by atoms with E-state index in [-0.39, 0.29) is 5.97 Å². The second kappa shape index (κ2) is 6.35. The molecular formula is C18H16N2O2S. The number of nitriles is 1. The molecule has 0 amide bonds. The third kappa shape index (κ3) is 2.90. The average molecular weight is 324 g/mol. The smallest absolute Gasteiger partial charge is 0.306 e. The molecule has 5 heteroatoms. The summed E-state index contributed by atoms with van der Waals surface area (Å²) in [6.45, 7) is 3.56. The first kappa shape index (κ1) is 15.4. The third-order valence-corrected chi connectivity index (χ3v) is 4.83. The summed E-state index contributed by atoms with van der Waals surface area (Å²) in [6, 6.07) is 13.9. The molecule has 2 aromatic carbocycles. The summed E-state index contributed by atoms with van der Waals surface area (Å²) in [4.78, 5) is 13.8. The highest BCUT2D eigenvalue weighted by Crippen LogP contribution is 2.47. The Bertz CT molecular complexity index is 811. The van der Waals surface area contributed by atoms with E-state index in [0.717, 1.165) is 26.7 Å². The Morgan fingerprint density at radius 1 is 1.30 bits per heavy atom. The molecule has 0 spiro atoms. The summed E-state index contributed by atoms with van der Waals surface area (Å²) in [5.74, 6) is -0.275. The highest BCUT2D eigenvalue weighted by Gasteiger charge is 2.25. The van der Waals surface area contributed by atoms with Crippen molar-refractivity contribution in [2.75, 3.05) is 5.32 Å². The van der Waals surface area contributed by atoms with Gasteiger partial charge in [0, 0.05) is 21.8 Å². The molecule has 0 saturated carbocycles. The number of para-hydroxylation sites is 1. The molecule has 0 aliphatic carbocycles. The molecule has 3 rings (SSSR count). The van der Waals surface area contributed by atoms with Gasteiger partial charge in [-0.2, -0.15) is 5.26 Å². The quantitative estimate of drug-likeness (QED) is 0.702. The van der Waals surface area contributed by atoms with Gasteiger partial charge in [-0.3, -0.25) is 4.79 Å². The summed E-state index contributed by atoms with van der Waals surface area (Å²) in [5.41, 5.74) is 3.10. The Balaban J connectivity index is 2.06. The van der Waals surface area contributed by atoms with Gasteiger partial charge in [-0.25, -0.2) is 0 Å². The van der Waals surface area contributed by atoms with Crippen molar-refractivity contribution in [1.82, 2.24) is 0 Å². The van der Waals surface area contributed by atoms with Crippen LogP contribution in [0.5, 0.6) is 0 Å². The van der Waals surface area contributed by atoms with Gasteiger partial charge < -0.3 is 10.1 Å². The van der Waals surface area contributed by atoms with Gasteiger partial charge >= 0.3 is 5.97 Å². The van der Waals surface area contributed by atoms with Crippen molar-refractivity contribution in [2.24, 2.45) is 0 Å². The minimum atomic E-state index is -0.481. The monoisotopic (exact) mass is 324 g/mol. The normalized spacial score (nSPS) is 13.1. The van der Waals surface area contributed by atoms with Crippen LogP contribution in [-0.2, 0) is 9.53 Å². The molecule has 4 nitrogen and oxygen atoms in total. The molecular weight excluding hydrogens is 308 g/mol. The summed E-state index contributed by atoms with van der Waals surface area (Å²) in [6.07, 6.45) is -0.169. The molecule has 0 bridgehead atoms. The lowest BCUT2D eigenvalue weighted by Gasteiger charge is -2.26. The van der Waals surface area contributed by atoms with Crippen molar-refractivity contribution in [3.05, 3.63) is 47.5 Å². The fraction of sp³-hybridized carbons (Fsp3) is 0.222. The van der Waals surface area contributed by atoms with Gasteiger partial charge in [0.25, 0.3) is 0 Å². The van der Waals surface area contributed by atoms with Crippen LogP contribution in [0.4, 0.5) is 11.4 Å². The number of hydrogen-bond acceptors (Lipinski definition) is 5. The van der Waals surface area contributed by atoms with Crippen LogP contribution in [0.3, 0.4) is 0 Å². The van der Waals surface area contributed by atoms with Gasteiger partial charge in [-0.1, -0.05) is 30.8 Å². The van der Waals surface area contributed by atoms with E-state index in [1.807, 2.05) is 30.3 Å². The van der Waals surface area contributed by atoms with Gasteiger partial charge in [0.15, 0.2) is 0 Å². The number of carbonyl (C=O) groups excluding carboxylic acids is 1. The van der Waals surface area contributed by atoms with Gasteiger partial charge in [0.1, 0.15) is 6.10 Å². The molecule has 23 heavy (non-hydrogen) atoms.